The van der Waals surface area contributed by atoms with Gasteiger partial charge >= 0.3 is 7.75 Å². The van der Waals surface area contributed by atoms with E-state index in [1.807, 2.05) is 35.4 Å². The summed E-state index contributed by atoms with van der Waals surface area (Å²) >= 11 is 0. The molecule has 0 unspecified atom stereocenters. The standard InChI is InChI=1S/C14H16N3O5P/c1-16(10-11-5-3-2-4-6-11)14-9-12(15-23(20,21)22)7-8-13(14)17(18)19/h2-9H,10H2,1H3,(H3,15,20,21,22). The minimum absolute atomic E-state index is 0.110. The lowest BCUT2D eigenvalue weighted by molar-refractivity contribution is -0.384. The molecular weight excluding hydrogens is 321 g/mol. The van der Waals surface area contributed by atoms with Crippen molar-refractivity contribution in [2.45, 2.75) is 6.54 Å². The molecule has 0 heterocycles. The summed E-state index contributed by atoms with van der Waals surface area (Å²) in [4.78, 5) is 30.2. The molecule has 0 aliphatic carbocycles. The monoisotopic (exact) mass is 337 g/mol. The lowest BCUT2D eigenvalue weighted by Crippen LogP contribution is -2.17. The Balaban J connectivity index is 2.35. The van der Waals surface area contributed by atoms with Gasteiger partial charge in [0.1, 0.15) is 5.69 Å². The van der Waals surface area contributed by atoms with Gasteiger partial charge in [-0.05, 0) is 17.7 Å². The maximum Gasteiger partial charge on any atom is 0.427 e. The molecule has 23 heavy (non-hydrogen) atoms. The molecule has 9 heteroatoms. The molecule has 0 atom stereocenters. The molecule has 122 valence electrons. The normalized spacial score (nSPS) is 11.1. The van der Waals surface area contributed by atoms with Crippen LogP contribution in [0.5, 0.6) is 0 Å². The van der Waals surface area contributed by atoms with Gasteiger partial charge in [0, 0.05) is 25.3 Å². The smallest absolute Gasteiger partial charge is 0.365 e. The topological polar surface area (TPSA) is 116 Å². The van der Waals surface area contributed by atoms with Crippen molar-refractivity contribution in [3.63, 3.8) is 0 Å². The molecule has 0 spiro atoms. The van der Waals surface area contributed by atoms with Crippen LogP contribution in [0.1, 0.15) is 5.56 Å². The summed E-state index contributed by atoms with van der Waals surface area (Å²) in [6, 6.07) is 13.2. The van der Waals surface area contributed by atoms with Crippen LogP contribution < -0.4 is 9.99 Å². The van der Waals surface area contributed by atoms with Crippen LogP contribution in [0.4, 0.5) is 17.1 Å². The first-order valence-corrected chi connectivity index (χ1v) is 8.25. The van der Waals surface area contributed by atoms with Gasteiger partial charge in [-0.25, -0.2) is 4.57 Å². The molecule has 2 aromatic rings. The fourth-order valence-electron chi connectivity index (χ4n) is 2.16. The fraction of sp³-hybridized carbons (Fsp3) is 0.143. The number of nitro groups is 1. The summed E-state index contributed by atoms with van der Waals surface area (Å²) in [6.07, 6.45) is 0. The SMILES string of the molecule is CN(Cc1ccccc1)c1cc(NP(=O)(O)O)ccc1[N+](=O)[O-]. The van der Waals surface area contributed by atoms with Crippen LogP contribution in [0, 0.1) is 10.1 Å². The minimum Gasteiger partial charge on any atom is -0.365 e. The van der Waals surface area contributed by atoms with Crippen LogP contribution in [-0.2, 0) is 11.1 Å². The molecule has 0 bridgehead atoms. The van der Waals surface area contributed by atoms with Crippen LogP contribution in [0.15, 0.2) is 48.5 Å². The Morgan fingerprint density at radius 3 is 2.43 bits per heavy atom. The van der Waals surface area contributed by atoms with Crippen molar-refractivity contribution in [1.29, 1.82) is 0 Å². The molecule has 8 nitrogen and oxygen atoms in total. The lowest BCUT2D eigenvalue weighted by Gasteiger charge is -2.20. The number of nitrogens with one attached hydrogen (secondary N) is 1. The summed E-state index contributed by atoms with van der Waals surface area (Å²) in [5.74, 6) is 0. The first-order chi connectivity index (χ1) is 10.8. The Morgan fingerprint density at radius 2 is 1.87 bits per heavy atom. The fourth-order valence-corrected chi connectivity index (χ4v) is 2.64. The van der Waals surface area contributed by atoms with Crippen LogP contribution in [-0.4, -0.2) is 21.8 Å². The highest BCUT2D eigenvalue weighted by molar-refractivity contribution is 7.53. The van der Waals surface area contributed by atoms with Crippen molar-refractivity contribution >= 4 is 24.8 Å². The first-order valence-electron chi connectivity index (χ1n) is 6.63. The number of hydrogen-bond acceptors (Lipinski definition) is 4. The van der Waals surface area contributed by atoms with E-state index in [-0.39, 0.29) is 17.1 Å². The molecule has 0 aromatic heterocycles. The van der Waals surface area contributed by atoms with E-state index in [0.717, 1.165) is 5.56 Å². The summed E-state index contributed by atoms with van der Waals surface area (Å²) in [5, 5.41) is 13.2. The zero-order valence-corrected chi connectivity index (χ0v) is 13.2. The Bertz CT molecular complexity index is 747. The lowest BCUT2D eigenvalue weighted by atomic mass is 10.2. The molecule has 2 rings (SSSR count). The molecule has 0 amide bonds. The average molecular weight is 337 g/mol. The molecule has 0 fully saturated rings. The Hall–Kier alpha value is -2.41. The minimum atomic E-state index is -4.48. The number of nitrogens with zero attached hydrogens (tertiary/aromatic N) is 2. The Labute approximate surface area is 132 Å². The summed E-state index contributed by atoms with van der Waals surface area (Å²) < 4.78 is 11.0. The van der Waals surface area contributed by atoms with E-state index in [1.165, 1.54) is 18.2 Å². The number of rotatable bonds is 6. The van der Waals surface area contributed by atoms with Gasteiger partial charge in [-0.15, -0.1) is 0 Å². The van der Waals surface area contributed by atoms with Crippen molar-refractivity contribution in [1.82, 2.24) is 0 Å². The Morgan fingerprint density at radius 1 is 1.22 bits per heavy atom. The highest BCUT2D eigenvalue weighted by atomic mass is 31.2. The second kappa shape index (κ2) is 6.78. The molecule has 0 radical (unpaired) electrons. The van der Waals surface area contributed by atoms with Crippen LogP contribution in [0.3, 0.4) is 0 Å². The van der Waals surface area contributed by atoms with E-state index in [4.69, 9.17) is 9.79 Å². The third-order valence-electron chi connectivity index (χ3n) is 3.12. The number of hydrogen-bond donors (Lipinski definition) is 3. The van der Waals surface area contributed by atoms with Crippen molar-refractivity contribution in [2.75, 3.05) is 17.0 Å². The van der Waals surface area contributed by atoms with Crippen molar-refractivity contribution in [3.8, 4) is 0 Å². The van der Waals surface area contributed by atoms with Gasteiger partial charge in [-0.1, -0.05) is 30.3 Å². The predicted octanol–water partition coefficient (Wildman–Crippen LogP) is 2.74. The molecule has 0 aliphatic heterocycles. The van der Waals surface area contributed by atoms with E-state index < -0.39 is 12.7 Å². The molecule has 0 saturated carbocycles. The van der Waals surface area contributed by atoms with Gasteiger partial charge < -0.3 is 14.7 Å². The third-order valence-corrected chi connectivity index (χ3v) is 3.67. The molecule has 0 saturated heterocycles. The van der Waals surface area contributed by atoms with Gasteiger partial charge in [0.25, 0.3) is 5.69 Å². The maximum absolute atomic E-state index is 11.2. The van der Waals surface area contributed by atoms with E-state index >= 15 is 0 Å². The van der Waals surface area contributed by atoms with Gasteiger partial charge in [0.2, 0.25) is 0 Å². The Kier molecular flexibility index (Phi) is 5.00. The maximum atomic E-state index is 11.2. The quantitative estimate of drug-likeness (QED) is 0.421. The second-order valence-electron chi connectivity index (χ2n) is 4.96. The summed E-state index contributed by atoms with van der Waals surface area (Å²) in [5.41, 5.74) is 1.19. The zero-order chi connectivity index (χ0) is 17.0. The number of anilines is 2. The third kappa shape index (κ3) is 4.79. The van der Waals surface area contributed by atoms with E-state index in [0.29, 0.717) is 6.54 Å². The number of nitro benzene ring substituents is 1. The van der Waals surface area contributed by atoms with E-state index in [1.54, 1.807) is 11.9 Å². The van der Waals surface area contributed by atoms with Crippen molar-refractivity contribution in [3.05, 3.63) is 64.2 Å². The predicted molar refractivity (Wildman–Crippen MR) is 87.3 cm³/mol. The average Bonchev–Trinajstić information content (AvgIpc) is 2.46. The van der Waals surface area contributed by atoms with Crippen LogP contribution in [0.2, 0.25) is 0 Å². The van der Waals surface area contributed by atoms with Gasteiger partial charge in [0.15, 0.2) is 0 Å². The van der Waals surface area contributed by atoms with Crippen LogP contribution in [0.25, 0.3) is 0 Å². The van der Waals surface area contributed by atoms with Crippen molar-refractivity contribution < 1.29 is 19.3 Å². The summed E-state index contributed by atoms with van der Waals surface area (Å²) in [6.45, 7) is 0.418. The van der Waals surface area contributed by atoms with E-state index in [9.17, 15) is 14.7 Å². The molecule has 2 aromatic carbocycles. The molecule has 0 aliphatic rings. The van der Waals surface area contributed by atoms with Crippen molar-refractivity contribution in [2.24, 2.45) is 0 Å². The highest BCUT2D eigenvalue weighted by Gasteiger charge is 2.20. The van der Waals surface area contributed by atoms with Gasteiger partial charge in [-0.3, -0.25) is 15.2 Å². The first kappa shape index (κ1) is 17.0. The zero-order valence-electron chi connectivity index (χ0n) is 12.3. The number of benzene rings is 2. The van der Waals surface area contributed by atoms with Gasteiger partial charge in [0.05, 0.1) is 4.92 Å². The summed E-state index contributed by atoms with van der Waals surface area (Å²) in [7, 11) is -2.80. The van der Waals surface area contributed by atoms with Gasteiger partial charge in [-0.2, -0.15) is 0 Å². The second-order valence-corrected chi connectivity index (χ2v) is 6.27. The molecular formula is C14H16N3O5P. The highest BCUT2D eigenvalue weighted by Crippen LogP contribution is 2.38. The largest absolute Gasteiger partial charge is 0.427 e. The van der Waals surface area contributed by atoms with Crippen LogP contribution >= 0.6 is 7.75 Å². The molecule has 3 N–H and O–H groups in total. The van der Waals surface area contributed by atoms with E-state index in [2.05, 4.69) is 0 Å².